The van der Waals surface area contributed by atoms with Crippen LogP contribution in [0.1, 0.15) is 21.7 Å². The van der Waals surface area contributed by atoms with Crippen LogP contribution < -0.4 is 4.74 Å². The second-order valence-corrected chi connectivity index (χ2v) is 7.73. The molecule has 0 unspecified atom stereocenters. The predicted octanol–water partition coefficient (Wildman–Crippen LogP) is 4.98. The number of hydrogen-bond acceptors (Lipinski definition) is 5. The molecule has 0 radical (unpaired) electrons. The Labute approximate surface area is 183 Å². The van der Waals surface area contributed by atoms with Crippen molar-refractivity contribution in [3.8, 4) is 11.4 Å². The Bertz CT molecular complexity index is 1180. The zero-order valence-corrected chi connectivity index (χ0v) is 17.7. The molecule has 1 heterocycles. The summed E-state index contributed by atoms with van der Waals surface area (Å²) in [7, 11) is 1.46. The molecule has 4 aromatic rings. The molecule has 0 aliphatic heterocycles. The maximum atomic E-state index is 13.7. The minimum absolute atomic E-state index is 0.0795. The highest BCUT2D eigenvalue weighted by atomic mass is 32.2. The van der Waals surface area contributed by atoms with Gasteiger partial charge in [0.2, 0.25) is 0 Å². The minimum atomic E-state index is -0.480. The minimum Gasteiger partial charge on any atom is -0.496 e. The summed E-state index contributed by atoms with van der Waals surface area (Å²) in [5, 5.41) is 9.31. The summed E-state index contributed by atoms with van der Waals surface area (Å²) in [6, 6.07) is 23.7. The molecule has 3 aromatic carbocycles. The van der Waals surface area contributed by atoms with Crippen molar-refractivity contribution >= 4 is 17.5 Å². The van der Waals surface area contributed by atoms with Gasteiger partial charge in [0.05, 0.1) is 18.4 Å². The number of Topliss-reactive ketones (excluding diaryl/α,β-unsaturated/α-hetero) is 1. The molecular weight excluding hydrogens is 413 g/mol. The highest BCUT2D eigenvalue weighted by molar-refractivity contribution is 7.99. The van der Waals surface area contributed by atoms with Crippen LogP contribution >= 0.6 is 11.8 Å². The van der Waals surface area contributed by atoms with Gasteiger partial charge in [-0.1, -0.05) is 60.3 Å². The number of ether oxygens (including phenoxy) is 1. The van der Waals surface area contributed by atoms with Gasteiger partial charge in [0.1, 0.15) is 17.4 Å². The number of aromatic nitrogens is 3. The first-order valence-corrected chi connectivity index (χ1v) is 10.7. The lowest BCUT2D eigenvalue weighted by atomic mass is 10.1. The Morgan fingerprint density at radius 1 is 1.00 bits per heavy atom. The number of nitrogens with zero attached hydrogens (tertiary/aromatic N) is 3. The van der Waals surface area contributed by atoms with E-state index in [4.69, 9.17) is 4.74 Å². The summed E-state index contributed by atoms with van der Waals surface area (Å²) in [6.45, 7) is 0. The molecule has 0 spiro atoms. The molecule has 1 aromatic heterocycles. The Balaban J connectivity index is 1.61. The summed E-state index contributed by atoms with van der Waals surface area (Å²) in [5.74, 6) is 0.480. The number of halogens is 1. The van der Waals surface area contributed by atoms with Crippen LogP contribution in [0.4, 0.5) is 4.39 Å². The third-order valence-corrected chi connectivity index (χ3v) is 5.64. The average Bonchev–Trinajstić information content (AvgIpc) is 3.21. The van der Waals surface area contributed by atoms with Crippen LogP contribution in [0.5, 0.6) is 5.75 Å². The summed E-state index contributed by atoms with van der Waals surface area (Å²) < 4.78 is 20.8. The highest BCUT2D eigenvalue weighted by Crippen LogP contribution is 2.26. The number of benzene rings is 3. The first-order chi connectivity index (χ1) is 15.2. The summed E-state index contributed by atoms with van der Waals surface area (Å²) in [5.41, 5.74) is 2.24. The molecule has 0 atom stereocenters. The number of carbonyl (C=O) groups is 1. The van der Waals surface area contributed by atoms with Crippen molar-refractivity contribution in [2.75, 3.05) is 12.9 Å². The second kappa shape index (κ2) is 9.57. The number of rotatable bonds is 8. The fourth-order valence-electron chi connectivity index (χ4n) is 3.23. The number of thioether (sulfide) groups is 1. The number of ketones is 1. The molecular formula is C24H20FN3O2S. The molecule has 0 N–H and O–H groups in total. The Morgan fingerprint density at radius 2 is 1.71 bits per heavy atom. The van der Waals surface area contributed by atoms with E-state index in [0.717, 1.165) is 17.1 Å². The van der Waals surface area contributed by atoms with E-state index in [1.807, 2.05) is 65.2 Å². The van der Waals surface area contributed by atoms with E-state index >= 15 is 0 Å². The third kappa shape index (κ3) is 4.83. The summed E-state index contributed by atoms with van der Waals surface area (Å²) >= 11 is 1.26. The van der Waals surface area contributed by atoms with Crippen molar-refractivity contribution in [2.24, 2.45) is 0 Å². The van der Waals surface area contributed by atoms with Crippen molar-refractivity contribution in [2.45, 2.75) is 11.6 Å². The van der Waals surface area contributed by atoms with Crippen LogP contribution in [-0.2, 0) is 6.42 Å². The molecule has 4 rings (SSSR count). The van der Waals surface area contributed by atoms with Gasteiger partial charge in [-0.3, -0.25) is 9.36 Å². The van der Waals surface area contributed by atoms with Crippen LogP contribution in [0.15, 0.2) is 84.0 Å². The van der Waals surface area contributed by atoms with E-state index in [1.54, 1.807) is 0 Å². The largest absolute Gasteiger partial charge is 0.496 e. The van der Waals surface area contributed by atoms with Crippen LogP contribution in [-0.4, -0.2) is 33.4 Å². The Kier molecular flexibility index (Phi) is 6.43. The molecule has 7 heteroatoms. The molecule has 0 fully saturated rings. The van der Waals surface area contributed by atoms with Crippen LogP contribution in [0.2, 0.25) is 0 Å². The van der Waals surface area contributed by atoms with Gasteiger partial charge in [-0.05, 0) is 35.9 Å². The van der Waals surface area contributed by atoms with E-state index < -0.39 is 5.82 Å². The van der Waals surface area contributed by atoms with Gasteiger partial charge < -0.3 is 4.74 Å². The molecule has 0 aliphatic rings. The van der Waals surface area contributed by atoms with E-state index in [-0.39, 0.29) is 17.1 Å². The van der Waals surface area contributed by atoms with Gasteiger partial charge in [0, 0.05) is 12.1 Å². The maximum Gasteiger partial charge on any atom is 0.196 e. The first kappa shape index (κ1) is 20.8. The van der Waals surface area contributed by atoms with Crippen LogP contribution in [0.3, 0.4) is 0 Å². The molecule has 0 aliphatic carbocycles. The Hall–Kier alpha value is -3.45. The monoisotopic (exact) mass is 433 g/mol. The molecule has 0 saturated heterocycles. The lowest BCUT2D eigenvalue weighted by molar-refractivity contribution is 0.101. The first-order valence-electron chi connectivity index (χ1n) is 9.69. The molecule has 31 heavy (non-hydrogen) atoms. The zero-order chi connectivity index (χ0) is 21.6. The lowest BCUT2D eigenvalue weighted by Gasteiger charge is -2.11. The van der Waals surface area contributed by atoms with Crippen LogP contribution in [0, 0.1) is 5.82 Å². The van der Waals surface area contributed by atoms with E-state index in [9.17, 15) is 9.18 Å². The van der Waals surface area contributed by atoms with E-state index in [0.29, 0.717) is 17.3 Å². The SMILES string of the molecule is COc1ccc(F)cc1C(=O)CSc1nnc(Cc2ccccc2)n1-c1ccccc1. The Morgan fingerprint density at radius 3 is 2.42 bits per heavy atom. The van der Waals surface area contributed by atoms with Crippen LogP contribution in [0.25, 0.3) is 5.69 Å². The number of carbonyl (C=O) groups excluding carboxylic acids is 1. The topological polar surface area (TPSA) is 57.0 Å². The van der Waals surface area contributed by atoms with Gasteiger partial charge in [0.15, 0.2) is 10.9 Å². The van der Waals surface area contributed by atoms with E-state index in [2.05, 4.69) is 10.2 Å². The smallest absolute Gasteiger partial charge is 0.196 e. The molecule has 156 valence electrons. The van der Waals surface area contributed by atoms with E-state index in [1.165, 1.54) is 37.1 Å². The maximum absolute atomic E-state index is 13.7. The quantitative estimate of drug-likeness (QED) is 0.290. The van der Waals surface area contributed by atoms with Crippen molar-refractivity contribution < 1.29 is 13.9 Å². The number of methoxy groups -OCH3 is 1. The molecule has 5 nitrogen and oxygen atoms in total. The molecule has 0 amide bonds. The summed E-state index contributed by atoms with van der Waals surface area (Å²) in [6.07, 6.45) is 0.606. The van der Waals surface area contributed by atoms with Crippen molar-refractivity contribution in [1.29, 1.82) is 0 Å². The number of para-hydroxylation sites is 1. The second-order valence-electron chi connectivity index (χ2n) is 6.79. The molecule has 0 saturated carbocycles. The standard InChI is InChI=1S/C24H20FN3O2S/c1-30-22-13-12-18(25)15-20(22)21(29)16-31-24-27-26-23(14-17-8-4-2-5-9-17)28(24)19-10-6-3-7-11-19/h2-13,15H,14,16H2,1H3. The van der Waals surface area contributed by atoms with Crippen molar-refractivity contribution in [3.63, 3.8) is 0 Å². The summed E-state index contributed by atoms with van der Waals surface area (Å²) in [4.78, 5) is 12.8. The third-order valence-electron chi connectivity index (χ3n) is 4.71. The predicted molar refractivity (Wildman–Crippen MR) is 119 cm³/mol. The van der Waals surface area contributed by atoms with Gasteiger partial charge >= 0.3 is 0 Å². The fourth-order valence-corrected chi connectivity index (χ4v) is 4.08. The number of hydrogen-bond donors (Lipinski definition) is 0. The average molecular weight is 434 g/mol. The normalized spacial score (nSPS) is 10.8. The lowest BCUT2D eigenvalue weighted by Crippen LogP contribution is -2.08. The van der Waals surface area contributed by atoms with Crippen molar-refractivity contribution in [3.05, 3.63) is 102 Å². The van der Waals surface area contributed by atoms with Gasteiger partial charge in [-0.25, -0.2) is 4.39 Å². The highest BCUT2D eigenvalue weighted by Gasteiger charge is 2.19. The van der Waals surface area contributed by atoms with Gasteiger partial charge in [-0.15, -0.1) is 10.2 Å². The van der Waals surface area contributed by atoms with Gasteiger partial charge in [-0.2, -0.15) is 0 Å². The molecule has 0 bridgehead atoms. The zero-order valence-electron chi connectivity index (χ0n) is 16.9. The van der Waals surface area contributed by atoms with Crippen molar-refractivity contribution in [1.82, 2.24) is 14.8 Å². The van der Waals surface area contributed by atoms with Gasteiger partial charge in [0.25, 0.3) is 0 Å². The fraction of sp³-hybridized carbons (Fsp3) is 0.125.